The van der Waals surface area contributed by atoms with Gasteiger partial charge in [-0.25, -0.2) is 4.39 Å². The van der Waals surface area contributed by atoms with Crippen LogP contribution in [0.1, 0.15) is 26.6 Å². The summed E-state index contributed by atoms with van der Waals surface area (Å²) in [6.45, 7) is 7.69. The summed E-state index contributed by atoms with van der Waals surface area (Å²) >= 11 is 1.55. The molecule has 0 aliphatic carbocycles. The summed E-state index contributed by atoms with van der Waals surface area (Å²) < 4.78 is 15.5. The van der Waals surface area contributed by atoms with Crippen LogP contribution in [0.3, 0.4) is 0 Å². The molecule has 1 aromatic carbocycles. The van der Waals surface area contributed by atoms with Gasteiger partial charge in [0.15, 0.2) is 5.82 Å². The smallest absolute Gasteiger partial charge is 0.237 e. The largest absolute Gasteiger partial charge is 0.323 e. The fraction of sp³-hybridized carbons (Fsp3) is 0.467. The van der Waals surface area contributed by atoms with Crippen LogP contribution in [0.5, 0.6) is 0 Å². The Morgan fingerprint density at radius 1 is 1.43 bits per heavy atom. The number of aryl methyl sites for hydroxylation is 1. The minimum absolute atomic E-state index is 0.129. The number of tetrazole rings is 1. The molecule has 0 aliphatic rings. The van der Waals surface area contributed by atoms with E-state index in [1.54, 1.807) is 24.8 Å². The minimum Gasteiger partial charge on any atom is -0.323 e. The molecule has 6 nitrogen and oxygen atoms in total. The monoisotopic (exact) mass is 337 g/mol. The maximum absolute atomic E-state index is 14.0. The normalized spacial score (nSPS) is 12.4. The minimum atomic E-state index is -0.489. The van der Waals surface area contributed by atoms with Gasteiger partial charge in [-0.15, -0.1) is 16.9 Å². The van der Waals surface area contributed by atoms with Gasteiger partial charge >= 0.3 is 0 Å². The molecule has 1 aromatic heterocycles. The van der Waals surface area contributed by atoms with Crippen molar-refractivity contribution < 1.29 is 9.18 Å². The third kappa shape index (κ3) is 4.07. The maximum atomic E-state index is 14.0. The average molecular weight is 337 g/mol. The summed E-state index contributed by atoms with van der Waals surface area (Å²) in [5, 5.41) is 13.7. The Hall–Kier alpha value is -1.96. The van der Waals surface area contributed by atoms with E-state index < -0.39 is 5.82 Å². The first-order valence-electron chi connectivity index (χ1n) is 7.41. The van der Waals surface area contributed by atoms with Gasteiger partial charge in [0.25, 0.3) is 0 Å². The van der Waals surface area contributed by atoms with Crippen LogP contribution >= 0.6 is 11.8 Å². The summed E-state index contributed by atoms with van der Waals surface area (Å²) in [5.41, 5.74) is 0.721. The first-order chi connectivity index (χ1) is 10.9. The molecule has 0 unspecified atom stereocenters. The number of amides is 1. The fourth-order valence-corrected chi connectivity index (χ4v) is 3.12. The van der Waals surface area contributed by atoms with Crippen LogP contribution in [-0.2, 0) is 4.79 Å². The van der Waals surface area contributed by atoms with E-state index in [0.717, 1.165) is 5.75 Å². The lowest BCUT2D eigenvalue weighted by atomic mass is 10.1. The second kappa shape index (κ2) is 7.54. The molecule has 1 heterocycles. The summed E-state index contributed by atoms with van der Waals surface area (Å²) in [5.74, 6) is 0.874. The van der Waals surface area contributed by atoms with E-state index in [2.05, 4.69) is 20.8 Å². The van der Waals surface area contributed by atoms with Crippen molar-refractivity contribution >= 4 is 23.4 Å². The highest BCUT2D eigenvalue weighted by molar-refractivity contribution is 8.00. The molecule has 1 N–H and O–H groups in total. The Balaban J connectivity index is 2.26. The van der Waals surface area contributed by atoms with Crippen LogP contribution in [0, 0.1) is 18.7 Å². The Kier molecular flexibility index (Phi) is 5.70. The lowest BCUT2D eigenvalue weighted by Gasteiger charge is -2.19. The van der Waals surface area contributed by atoms with E-state index in [1.807, 2.05) is 20.8 Å². The molecule has 0 saturated heterocycles. The van der Waals surface area contributed by atoms with Crippen molar-refractivity contribution in [3.63, 3.8) is 0 Å². The van der Waals surface area contributed by atoms with Gasteiger partial charge in [0.1, 0.15) is 5.82 Å². The molecule has 0 fully saturated rings. The van der Waals surface area contributed by atoms with Crippen LogP contribution in [0.15, 0.2) is 18.2 Å². The van der Waals surface area contributed by atoms with Gasteiger partial charge in [0.2, 0.25) is 5.91 Å². The van der Waals surface area contributed by atoms with Gasteiger partial charge in [0, 0.05) is 0 Å². The third-order valence-electron chi connectivity index (χ3n) is 3.29. The van der Waals surface area contributed by atoms with Crippen LogP contribution in [0.25, 0.3) is 5.69 Å². The van der Waals surface area contributed by atoms with Gasteiger partial charge in [-0.3, -0.25) is 4.79 Å². The molecule has 0 bridgehead atoms. The van der Waals surface area contributed by atoms with E-state index in [1.165, 1.54) is 16.8 Å². The quantitative estimate of drug-likeness (QED) is 0.877. The molecule has 124 valence electrons. The van der Waals surface area contributed by atoms with Crippen molar-refractivity contribution in [2.45, 2.75) is 32.9 Å². The lowest BCUT2D eigenvalue weighted by molar-refractivity contribution is -0.116. The summed E-state index contributed by atoms with van der Waals surface area (Å²) in [6, 6.07) is 4.39. The lowest BCUT2D eigenvalue weighted by Crippen LogP contribution is -2.30. The van der Waals surface area contributed by atoms with Crippen molar-refractivity contribution in [1.82, 2.24) is 20.2 Å². The Morgan fingerprint density at radius 2 is 2.17 bits per heavy atom. The van der Waals surface area contributed by atoms with Gasteiger partial charge in [-0.2, -0.15) is 4.68 Å². The molecular formula is C15H20FN5OS. The topological polar surface area (TPSA) is 72.7 Å². The predicted octanol–water partition coefficient (Wildman–Crippen LogP) is 2.83. The Morgan fingerprint density at radius 3 is 2.74 bits per heavy atom. The molecule has 2 rings (SSSR count). The number of rotatable bonds is 6. The van der Waals surface area contributed by atoms with Crippen molar-refractivity contribution in [3.05, 3.63) is 29.8 Å². The van der Waals surface area contributed by atoms with Gasteiger partial charge in [-0.05, 0) is 47.2 Å². The third-order valence-corrected chi connectivity index (χ3v) is 4.74. The van der Waals surface area contributed by atoms with E-state index in [4.69, 9.17) is 0 Å². The standard InChI is InChI=1S/C15H20FN5OS/c1-5-23-14(9(2)3)15(22)17-13-8-11(6-7-12(13)16)21-10(4)18-19-20-21/h6-9,14H,5H2,1-4H3,(H,17,22)/t14-/m1/s1. The zero-order valence-electron chi connectivity index (χ0n) is 13.6. The molecule has 1 amide bonds. The SMILES string of the molecule is CCS[C@@H](C(=O)Nc1cc(-n2nnnc2C)ccc1F)C(C)C. The van der Waals surface area contributed by atoms with E-state index in [-0.39, 0.29) is 22.8 Å². The Labute approximate surface area is 138 Å². The molecule has 1 atom stereocenters. The molecule has 8 heteroatoms. The van der Waals surface area contributed by atoms with Gasteiger partial charge in [-0.1, -0.05) is 20.8 Å². The van der Waals surface area contributed by atoms with Crippen LogP contribution < -0.4 is 5.32 Å². The predicted molar refractivity (Wildman–Crippen MR) is 89.2 cm³/mol. The maximum Gasteiger partial charge on any atom is 0.237 e. The zero-order chi connectivity index (χ0) is 17.0. The number of anilines is 1. The average Bonchev–Trinajstić information content (AvgIpc) is 2.92. The fourth-order valence-electron chi connectivity index (χ4n) is 2.17. The number of hydrogen-bond acceptors (Lipinski definition) is 5. The van der Waals surface area contributed by atoms with Crippen molar-refractivity contribution in [3.8, 4) is 5.69 Å². The molecule has 0 aliphatic heterocycles. The number of benzene rings is 1. The Bertz CT molecular complexity index is 688. The van der Waals surface area contributed by atoms with Gasteiger partial charge in [0.05, 0.1) is 16.6 Å². The molecule has 0 spiro atoms. The number of hydrogen-bond donors (Lipinski definition) is 1. The zero-order valence-corrected chi connectivity index (χ0v) is 14.4. The molecule has 0 saturated carbocycles. The van der Waals surface area contributed by atoms with Crippen molar-refractivity contribution in [2.24, 2.45) is 5.92 Å². The molecular weight excluding hydrogens is 317 g/mol. The number of nitrogens with one attached hydrogen (secondary N) is 1. The number of nitrogens with zero attached hydrogens (tertiary/aromatic N) is 4. The second-order valence-electron chi connectivity index (χ2n) is 5.41. The van der Waals surface area contributed by atoms with Crippen LogP contribution in [-0.4, -0.2) is 37.1 Å². The number of halogens is 1. The number of carbonyl (C=O) groups is 1. The first kappa shape index (κ1) is 17.4. The van der Waals surface area contributed by atoms with Gasteiger partial charge < -0.3 is 5.32 Å². The highest BCUT2D eigenvalue weighted by atomic mass is 32.2. The van der Waals surface area contributed by atoms with Crippen molar-refractivity contribution in [2.75, 3.05) is 11.1 Å². The first-order valence-corrected chi connectivity index (χ1v) is 8.46. The molecule has 23 heavy (non-hydrogen) atoms. The molecule has 0 radical (unpaired) electrons. The van der Waals surface area contributed by atoms with E-state index in [0.29, 0.717) is 11.5 Å². The van der Waals surface area contributed by atoms with E-state index in [9.17, 15) is 9.18 Å². The molecule has 2 aromatic rings. The second-order valence-corrected chi connectivity index (χ2v) is 6.83. The summed E-state index contributed by atoms with van der Waals surface area (Å²) in [6.07, 6.45) is 0. The van der Waals surface area contributed by atoms with Crippen LogP contribution in [0.2, 0.25) is 0 Å². The van der Waals surface area contributed by atoms with Crippen LogP contribution in [0.4, 0.5) is 10.1 Å². The highest BCUT2D eigenvalue weighted by Crippen LogP contribution is 2.24. The number of carbonyl (C=O) groups excluding carboxylic acids is 1. The number of aromatic nitrogens is 4. The number of thioether (sulfide) groups is 1. The van der Waals surface area contributed by atoms with Crippen molar-refractivity contribution in [1.29, 1.82) is 0 Å². The highest BCUT2D eigenvalue weighted by Gasteiger charge is 2.23. The summed E-state index contributed by atoms with van der Waals surface area (Å²) in [7, 11) is 0. The summed E-state index contributed by atoms with van der Waals surface area (Å²) in [4.78, 5) is 12.4. The van der Waals surface area contributed by atoms with E-state index >= 15 is 0 Å².